The van der Waals surface area contributed by atoms with E-state index in [-0.39, 0.29) is 26.5 Å². The standard InChI is InChI=1S/C35H29N5O.Pt/c1-22-18-24(35(3,4)5)19-23(2)32(22)31-13-16-40(38-31)25-8-6-9-26(20-25)41-27-11-12-28-29-10-7-14-36-33(29)39-17-15-37-34(39)30(28)21-27;/h6-19H,1-5H3;/q-2;+2. The van der Waals surface area contributed by atoms with Gasteiger partial charge < -0.3 is 9.14 Å². The van der Waals surface area contributed by atoms with E-state index in [0.29, 0.717) is 11.5 Å². The normalized spacial score (nSPS) is 11.7. The van der Waals surface area contributed by atoms with Crippen molar-refractivity contribution in [3.8, 4) is 28.4 Å². The summed E-state index contributed by atoms with van der Waals surface area (Å²) in [4.78, 5) is 9.14. The van der Waals surface area contributed by atoms with Crippen LogP contribution in [0.3, 0.4) is 0 Å². The summed E-state index contributed by atoms with van der Waals surface area (Å²) in [6.07, 6.45) is 7.47. The molecule has 0 saturated carbocycles. The fourth-order valence-corrected chi connectivity index (χ4v) is 5.53. The molecular formula is C35H29N5OPt. The third kappa shape index (κ3) is 4.80. The molecule has 0 bridgehead atoms. The predicted octanol–water partition coefficient (Wildman–Crippen LogP) is 8.19. The summed E-state index contributed by atoms with van der Waals surface area (Å²) in [7, 11) is 0. The minimum Gasteiger partial charge on any atom is -0.503 e. The molecule has 4 aromatic heterocycles. The smallest absolute Gasteiger partial charge is 0.503 e. The summed E-state index contributed by atoms with van der Waals surface area (Å²) in [5.41, 5.74) is 8.44. The number of fused-ring (bicyclic) bond motifs is 6. The van der Waals surface area contributed by atoms with E-state index >= 15 is 0 Å². The molecule has 0 aliphatic carbocycles. The van der Waals surface area contributed by atoms with Crippen LogP contribution in [0.15, 0.2) is 85.5 Å². The molecule has 0 fully saturated rings. The van der Waals surface area contributed by atoms with Gasteiger partial charge in [0, 0.05) is 41.8 Å². The molecule has 42 heavy (non-hydrogen) atoms. The first-order valence-electron chi connectivity index (χ1n) is 13.7. The summed E-state index contributed by atoms with van der Waals surface area (Å²) in [5.74, 6) is 1.17. The van der Waals surface area contributed by atoms with Crippen LogP contribution in [0.1, 0.15) is 37.5 Å². The molecule has 0 radical (unpaired) electrons. The molecule has 7 heteroatoms. The van der Waals surface area contributed by atoms with Crippen LogP contribution in [0.25, 0.3) is 44.4 Å². The molecule has 7 rings (SSSR count). The van der Waals surface area contributed by atoms with Gasteiger partial charge in [0.05, 0.1) is 11.3 Å². The van der Waals surface area contributed by atoms with Crippen LogP contribution >= 0.6 is 0 Å². The number of aromatic nitrogens is 5. The Labute approximate surface area is 259 Å². The zero-order valence-corrected chi connectivity index (χ0v) is 26.3. The summed E-state index contributed by atoms with van der Waals surface area (Å²) in [5, 5.41) is 7.86. The average Bonchev–Trinajstić information content (AvgIpc) is 3.64. The number of aryl methyl sites for hydroxylation is 2. The second-order valence-electron chi connectivity index (χ2n) is 11.5. The van der Waals surface area contributed by atoms with Crippen molar-refractivity contribution in [3.05, 3.63) is 114 Å². The molecule has 0 atom stereocenters. The van der Waals surface area contributed by atoms with Crippen molar-refractivity contribution in [1.82, 2.24) is 24.1 Å². The molecule has 0 saturated heterocycles. The Balaban J connectivity index is 0.00000316. The first kappa shape index (κ1) is 27.9. The Hall–Kier alpha value is -4.28. The van der Waals surface area contributed by atoms with Crippen molar-refractivity contribution in [3.63, 3.8) is 0 Å². The Kier molecular flexibility index (Phi) is 6.98. The second-order valence-corrected chi connectivity index (χ2v) is 11.5. The van der Waals surface area contributed by atoms with Crippen molar-refractivity contribution in [1.29, 1.82) is 0 Å². The van der Waals surface area contributed by atoms with Crippen molar-refractivity contribution in [2.24, 2.45) is 0 Å². The molecule has 7 aromatic rings. The van der Waals surface area contributed by atoms with E-state index in [1.54, 1.807) is 12.4 Å². The van der Waals surface area contributed by atoms with Crippen LogP contribution < -0.4 is 4.74 Å². The zero-order chi connectivity index (χ0) is 28.3. The van der Waals surface area contributed by atoms with Gasteiger partial charge in [-0.15, -0.1) is 30.3 Å². The Morgan fingerprint density at radius 3 is 2.31 bits per heavy atom. The third-order valence-corrected chi connectivity index (χ3v) is 7.55. The molecular weight excluding hydrogens is 701 g/mol. The second kappa shape index (κ2) is 10.5. The Morgan fingerprint density at radius 2 is 1.52 bits per heavy atom. The van der Waals surface area contributed by atoms with Gasteiger partial charge in [-0.25, -0.2) is 4.98 Å². The maximum atomic E-state index is 6.26. The maximum absolute atomic E-state index is 6.26. The monoisotopic (exact) mass is 730 g/mol. The van der Waals surface area contributed by atoms with Gasteiger partial charge in [-0.1, -0.05) is 55.8 Å². The van der Waals surface area contributed by atoms with E-state index in [2.05, 4.69) is 81.0 Å². The van der Waals surface area contributed by atoms with Crippen LogP contribution in [0, 0.1) is 26.0 Å². The van der Waals surface area contributed by atoms with E-state index in [1.165, 1.54) is 22.3 Å². The van der Waals surface area contributed by atoms with Crippen molar-refractivity contribution in [2.45, 2.75) is 40.0 Å². The largest absolute Gasteiger partial charge is 2.00 e. The Morgan fingerprint density at radius 1 is 0.762 bits per heavy atom. The zero-order valence-electron chi connectivity index (χ0n) is 24.0. The summed E-state index contributed by atoms with van der Waals surface area (Å²) < 4.78 is 10.1. The minimum atomic E-state index is 0. The number of imidazole rings is 1. The van der Waals surface area contributed by atoms with Gasteiger partial charge in [-0.05, 0) is 59.2 Å². The van der Waals surface area contributed by atoms with Gasteiger partial charge in [0.2, 0.25) is 0 Å². The van der Waals surface area contributed by atoms with E-state index in [4.69, 9.17) is 9.84 Å². The number of hydrogen-bond acceptors (Lipinski definition) is 4. The predicted molar refractivity (Wildman–Crippen MR) is 163 cm³/mol. The fraction of sp³-hybridized carbons (Fsp3) is 0.171. The first-order chi connectivity index (χ1) is 19.8. The van der Waals surface area contributed by atoms with Crippen LogP contribution in [-0.4, -0.2) is 24.1 Å². The van der Waals surface area contributed by atoms with Gasteiger partial charge >= 0.3 is 21.1 Å². The molecule has 3 aromatic carbocycles. The SMILES string of the molecule is Cc1cc(C(C)(C)C)cc(C)c1-c1ccn(-c2[c-]c(Oc3[c-]c4c(cc3)c3cccnc3n3ccnc43)ccc2)n1.[Pt+2]. The number of benzene rings is 3. The van der Waals surface area contributed by atoms with Gasteiger partial charge in [0.25, 0.3) is 0 Å². The van der Waals surface area contributed by atoms with Crippen LogP contribution in [0.4, 0.5) is 0 Å². The number of hydrogen-bond donors (Lipinski definition) is 0. The molecule has 0 aliphatic rings. The van der Waals surface area contributed by atoms with Crippen molar-refractivity contribution in [2.75, 3.05) is 0 Å². The van der Waals surface area contributed by atoms with Gasteiger partial charge in [0.1, 0.15) is 5.65 Å². The third-order valence-electron chi connectivity index (χ3n) is 7.55. The van der Waals surface area contributed by atoms with E-state index in [1.807, 2.05) is 57.9 Å². The van der Waals surface area contributed by atoms with E-state index in [9.17, 15) is 0 Å². The molecule has 0 N–H and O–H groups in total. The Bertz CT molecular complexity index is 2080. The molecule has 4 heterocycles. The van der Waals surface area contributed by atoms with Crippen LogP contribution in [0.2, 0.25) is 0 Å². The number of nitrogens with zero attached hydrogens (tertiary/aromatic N) is 5. The number of ether oxygens (including phenoxy) is 1. The van der Waals surface area contributed by atoms with Gasteiger partial charge in [0.15, 0.2) is 0 Å². The molecule has 0 unspecified atom stereocenters. The van der Waals surface area contributed by atoms with Gasteiger partial charge in [-0.2, -0.15) is 11.2 Å². The number of pyridine rings is 2. The minimum absolute atomic E-state index is 0. The van der Waals surface area contributed by atoms with Crippen LogP contribution in [-0.2, 0) is 26.5 Å². The molecule has 0 aliphatic heterocycles. The fourth-order valence-electron chi connectivity index (χ4n) is 5.53. The van der Waals surface area contributed by atoms with E-state index < -0.39 is 0 Å². The average molecular weight is 731 g/mol. The van der Waals surface area contributed by atoms with Crippen LogP contribution in [0.5, 0.6) is 11.5 Å². The first-order valence-corrected chi connectivity index (χ1v) is 13.7. The topological polar surface area (TPSA) is 57.2 Å². The molecule has 6 nitrogen and oxygen atoms in total. The molecule has 0 amide bonds. The maximum Gasteiger partial charge on any atom is 2.00 e. The summed E-state index contributed by atoms with van der Waals surface area (Å²) in [6, 6.07) is 27.2. The summed E-state index contributed by atoms with van der Waals surface area (Å²) >= 11 is 0. The molecule has 210 valence electrons. The van der Waals surface area contributed by atoms with E-state index in [0.717, 1.165) is 38.8 Å². The number of rotatable bonds is 4. The quantitative estimate of drug-likeness (QED) is 0.136. The van der Waals surface area contributed by atoms with Gasteiger partial charge in [-0.3, -0.25) is 9.67 Å². The summed E-state index contributed by atoms with van der Waals surface area (Å²) in [6.45, 7) is 11.1. The van der Waals surface area contributed by atoms with Crippen molar-refractivity contribution >= 4 is 27.5 Å². The van der Waals surface area contributed by atoms with Crippen molar-refractivity contribution < 1.29 is 25.8 Å². The molecule has 0 spiro atoms.